The van der Waals surface area contributed by atoms with Gasteiger partial charge in [-0.3, -0.25) is 4.55 Å². The molecular weight excluding hydrogens is 300 g/mol. The normalized spacial score (nSPS) is 11.3. The average Bonchev–Trinajstić information content (AvgIpc) is 2.30. The van der Waals surface area contributed by atoms with Crippen molar-refractivity contribution in [3.05, 3.63) is 23.3 Å². The molecule has 0 aliphatic heterocycles. The van der Waals surface area contributed by atoms with Crippen LogP contribution < -0.4 is 4.74 Å². The summed E-state index contributed by atoms with van der Waals surface area (Å²) < 4.78 is 90.1. The van der Waals surface area contributed by atoms with Gasteiger partial charge in [-0.15, -0.1) is 0 Å². The summed E-state index contributed by atoms with van der Waals surface area (Å²) >= 11 is 0. The molecule has 0 spiro atoms. The molecule has 0 aliphatic rings. The summed E-state index contributed by atoms with van der Waals surface area (Å²) in [5, 5.41) is 0. The van der Waals surface area contributed by atoms with E-state index in [0.717, 1.165) is 7.11 Å². The van der Waals surface area contributed by atoms with E-state index in [9.17, 15) is 30.8 Å². The van der Waals surface area contributed by atoms with Crippen LogP contribution in [0.2, 0.25) is 0 Å². The van der Waals surface area contributed by atoms with Gasteiger partial charge in [0.05, 0.1) is 7.11 Å². The zero-order valence-electron chi connectivity index (χ0n) is 8.91. The molecule has 0 amide bonds. The molecule has 0 saturated carbocycles. The van der Waals surface area contributed by atoms with E-state index in [1.807, 2.05) is 0 Å². The molecule has 0 radical (unpaired) electrons. The van der Waals surface area contributed by atoms with Gasteiger partial charge in [-0.05, 0) is 0 Å². The van der Waals surface area contributed by atoms with Gasteiger partial charge in [0.1, 0.15) is 0 Å². The number of hydrogen-bond donors (Lipinski definition) is 1. The van der Waals surface area contributed by atoms with Crippen molar-refractivity contribution in [2.45, 2.75) is 4.90 Å². The lowest BCUT2D eigenvalue weighted by Gasteiger charge is -2.09. The van der Waals surface area contributed by atoms with Crippen LogP contribution in [0.5, 0.6) is 5.75 Å². The Morgan fingerprint density at radius 2 is 1.47 bits per heavy atom. The van der Waals surface area contributed by atoms with E-state index in [4.69, 9.17) is 4.55 Å². The second-order valence-electron chi connectivity index (χ2n) is 2.95. The molecule has 1 rings (SSSR count). The smallest absolute Gasteiger partial charge is 0.437 e. The maximum absolute atomic E-state index is 13.2. The summed E-state index contributed by atoms with van der Waals surface area (Å²) in [6.45, 7) is 0. The largest absolute Gasteiger partial charge is 0.513 e. The van der Waals surface area contributed by atoms with Gasteiger partial charge < -0.3 is 9.47 Å². The van der Waals surface area contributed by atoms with Crippen molar-refractivity contribution in [2.24, 2.45) is 0 Å². The predicted molar refractivity (Wildman–Crippen MR) is 49.1 cm³/mol. The predicted octanol–water partition coefficient (Wildman–Crippen LogP) is 1.63. The Morgan fingerprint density at radius 3 is 1.79 bits per heavy atom. The number of hydrogen-bond acceptors (Lipinski definition) is 5. The standard InChI is InChI=1S/C8H4F4O6S/c1-17-8(13)18-6-2(9)4(11)7(19(14,15)16)5(12)3(6)10/h1H3,(H,14,15,16). The van der Waals surface area contributed by atoms with Crippen LogP contribution in [0.15, 0.2) is 4.90 Å². The molecule has 1 N–H and O–H groups in total. The Morgan fingerprint density at radius 1 is 1.05 bits per heavy atom. The molecule has 0 unspecified atom stereocenters. The fraction of sp³-hybridized carbons (Fsp3) is 0.125. The summed E-state index contributed by atoms with van der Waals surface area (Å²) in [6.07, 6.45) is -1.70. The maximum atomic E-state index is 13.2. The van der Waals surface area contributed by atoms with Crippen LogP contribution in [0.4, 0.5) is 22.4 Å². The topological polar surface area (TPSA) is 89.9 Å². The molecule has 0 heterocycles. The van der Waals surface area contributed by atoms with Crippen LogP contribution in [0.25, 0.3) is 0 Å². The second kappa shape index (κ2) is 5.01. The molecule has 6 nitrogen and oxygen atoms in total. The van der Waals surface area contributed by atoms with Crippen LogP contribution in [0.1, 0.15) is 0 Å². The first-order valence-corrected chi connectivity index (χ1v) is 5.64. The molecule has 0 saturated heterocycles. The van der Waals surface area contributed by atoms with E-state index >= 15 is 0 Å². The van der Waals surface area contributed by atoms with Crippen LogP contribution in [-0.4, -0.2) is 26.2 Å². The highest BCUT2D eigenvalue weighted by molar-refractivity contribution is 7.85. The Balaban J connectivity index is 3.62. The summed E-state index contributed by atoms with van der Waals surface area (Å²) in [6, 6.07) is 0. The lowest BCUT2D eigenvalue weighted by Crippen LogP contribution is -2.15. The van der Waals surface area contributed by atoms with Gasteiger partial charge in [0.25, 0.3) is 0 Å². The SMILES string of the molecule is COC(=O)Oc1c(F)c(F)c(S(=O)(=O)O)c(F)c1F. The monoisotopic (exact) mass is 304 g/mol. The van der Waals surface area contributed by atoms with Crippen LogP contribution in [0, 0.1) is 23.3 Å². The first-order chi connectivity index (χ1) is 8.61. The third kappa shape index (κ3) is 2.76. The van der Waals surface area contributed by atoms with Gasteiger partial charge >= 0.3 is 16.3 Å². The van der Waals surface area contributed by atoms with E-state index in [2.05, 4.69) is 9.47 Å². The van der Waals surface area contributed by atoms with E-state index in [0.29, 0.717) is 0 Å². The third-order valence-electron chi connectivity index (χ3n) is 1.79. The maximum Gasteiger partial charge on any atom is 0.513 e. The molecule has 1 aromatic rings. The van der Waals surface area contributed by atoms with Crippen molar-refractivity contribution in [3.8, 4) is 5.75 Å². The van der Waals surface area contributed by atoms with Crippen molar-refractivity contribution >= 4 is 16.3 Å². The molecule has 11 heteroatoms. The second-order valence-corrected chi connectivity index (χ2v) is 4.30. The summed E-state index contributed by atoms with van der Waals surface area (Å²) in [5.41, 5.74) is 0. The Labute approximate surface area is 103 Å². The fourth-order valence-corrected chi connectivity index (χ4v) is 1.66. The molecule has 0 fully saturated rings. The van der Waals surface area contributed by atoms with Crippen molar-refractivity contribution < 1.29 is 44.8 Å². The summed E-state index contributed by atoms with van der Waals surface area (Å²) in [5.74, 6) is -11.4. The van der Waals surface area contributed by atoms with Crippen LogP contribution >= 0.6 is 0 Å². The molecular formula is C8H4F4O6S. The van der Waals surface area contributed by atoms with Crippen LogP contribution in [-0.2, 0) is 14.9 Å². The van der Waals surface area contributed by atoms with Crippen molar-refractivity contribution in [1.82, 2.24) is 0 Å². The van der Waals surface area contributed by atoms with E-state index in [1.54, 1.807) is 0 Å². The number of benzene rings is 1. The quantitative estimate of drug-likeness (QED) is 0.294. The first kappa shape index (κ1) is 15.2. The summed E-state index contributed by atoms with van der Waals surface area (Å²) in [7, 11) is -4.81. The van der Waals surface area contributed by atoms with Gasteiger partial charge in [0, 0.05) is 0 Å². The van der Waals surface area contributed by atoms with Gasteiger partial charge in [-0.1, -0.05) is 0 Å². The molecule has 19 heavy (non-hydrogen) atoms. The zero-order valence-corrected chi connectivity index (χ0v) is 9.73. The van der Waals surface area contributed by atoms with Gasteiger partial charge in [0.2, 0.25) is 17.4 Å². The van der Waals surface area contributed by atoms with Gasteiger partial charge in [0.15, 0.2) is 16.5 Å². The average molecular weight is 304 g/mol. The molecule has 1 aromatic carbocycles. The van der Waals surface area contributed by atoms with Crippen molar-refractivity contribution in [3.63, 3.8) is 0 Å². The van der Waals surface area contributed by atoms with E-state index in [1.165, 1.54) is 0 Å². The van der Waals surface area contributed by atoms with Crippen molar-refractivity contribution in [1.29, 1.82) is 0 Å². The Hall–Kier alpha value is -1.88. The van der Waals surface area contributed by atoms with Crippen molar-refractivity contribution in [2.75, 3.05) is 7.11 Å². The lowest BCUT2D eigenvalue weighted by molar-refractivity contribution is 0.116. The highest BCUT2D eigenvalue weighted by Crippen LogP contribution is 2.32. The Kier molecular flexibility index (Phi) is 4.00. The fourth-order valence-electron chi connectivity index (χ4n) is 1.03. The molecule has 0 aliphatic carbocycles. The minimum Gasteiger partial charge on any atom is -0.437 e. The van der Waals surface area contributed by atoms with Gasteiger partial charge in [-0.2, -0.15) is 17.2 Å². The zero-order chi connectivity index (χ0) is 15.0. The number of carbonyl (C=O) groups is 1. The lowest BCUT2D eigenvalue weighted by atomic mass is 10.3. The number of halogens is 4. The van der Waals surface area contributed by atoms with E-state index < -0.39 is 50.2 Å². The minimum absolute atomic E-state index is 0.747. The molecule has 106 valence electrons. The minimum atomic E-state index is -5.56. The summed E-state index contributed by atoms with van der Waals surface area (Å²) in [4.78, 5) is 8.36. The molecule has 0 bridgehead atoms. The molecule has 0 aromatic heterocycles. The third-order valence-corrected chi connectivity index (χ3v) is 2.67. The highest BCUT2D eigenvalue weighted by Gasteiger charge is 2.34. The van der Waals surface area contributed by atoms with Crippen LogP contribution in [0.3, 0.4) is 0 Å². The van der Waals surface area contributed by atoms with Gasteiger partial charge in [-0.25, -0.2) is 13.6 Å². The molecule has 0 atom stereocenters. The first-order valence-electron chi connectivity index (χ1n) is 4.20. The number of methoxy groups -OCH3 is 1. The Bertz CT molecular complexity index is 612. The number of ether oxygens (including phenoxy) is 2. The highest BCUT2D eigenvalue weighted by atomic mass is 32.2. The number of carbonyl (C=O) groups excluding carboxylic acids is 1. The number of rotatable bonds is 2. The van der Waals surface area contributed by atoms with E-state index in [-0.39, 0.29) is 0 Å².